The predicted octanol–water partition coefficient (Wildman–Crippen LogP) is 1.61. The molecule has 0 bridgehead atoms. The Balaban J connectivity index is 2.20. The number of hydrogen-bond donors (Lipinski definition) is 1. The molecule has 1 unspecified atom stereocenters. The second-order valence-electron chi connectivity index (χ2n) is 4.17. The summed E-state index contributed by atoms with van der Waals surface area (Å²) < 4.78 is 10.4. The summed E-state index contributed by atoms with van der Waals surface area (Å²) in [4.78, 5) is 18.4. The molecule has 2 heterocycles. The highest BCUT2D eigenvalue weighted by Gasteiger charge is 2.33. The minimum atomic E-state index is -0.404. The summed E-state index contributed by atoms with van der Waals surface area (Å²) in [6.07, 6.45) is 4.61. The third-order valence-electron chi connectivity index (χ3n) is 2.95. The molecule has 1 aliphatic heterocycles. The topological polar surface area (TPSA) is 64.2 Å². The first kappa shape index (κ1) is 11.1. The van der Waals surface area contributed by atoms with Gasteiger partial charge in [-0.2, -0.15) is 0 Å². The second kappa shape index (κ2) is 4.25. The van der Waals surface area contributed by atoms with E-state index in [-0.39, 0.29) is 0 Å². The quantitative estimate of drug-likeness (QED) is 0.775. The maximum atomic E-state index is 11.3. The third kappa shape index (κ3) is 1.95. The van der Waals surface area contributed by atoms with Gasteiger partial charge in [-0.3, -0.25) is 0 Å². The number of imidazole rings is 1. The van der Waals surface area contributed by atoms with Crippen molar-refractivity contribution >= 4 is 5.97 Å². The molecule has 0 amide bonds. The van der Waals surface area contributed by atoms with Crippen LogP contribution in [0.2, 0.25) is 0 Å². The Kier molecular flexibility index (Phi) is 2.96. The van der Waals surface area contributed by atoms with Gasteiger partial charge in [0.15, 0.2) is 0 Å². The lowest BCUT2D eigenvalue weighted by atomic mass is 9.95. The molecule has 1 aromatic heterocycles. The van der Waals surface area contributed by atoms with E-state index in [2.05, 4.69) is 14.7 Å². The van der Waals surface area contributed by atoms with E-state index in [1.165, 1.54) is 13.3 Å². The lowest BCUT2D eigenvalue weighted by Gasteiger charge is -2.31. The van der Waals surface area contributed by atoms with Crippen LogP contribution in [0.4, 0.5) is 0 Å². The average Bonchev–Trinajstić information content (AvgIpc) is 2.79. The van der Waals surface area contributed by atoms with Crippen molar-refractivity contribution in [3.8, 4) is 0 Å². The van der Waals surface area contributed by atoms with Gasteiger partial charge in [0.2, 0.25) is 0 Å². The molecule has 5 nitrogen and oxygen atoms in total. The molecule has 1 aromatic rings. The van der Waals surface area contributed by atoms with Crippen LogP contribution in [0.15, 0.2) is 6.20 Å². The van der Waals surface area contributed by atoms with Crippen LogP contribution in [-0.4, -0.2) is 29.7 Å². The Bertz CT molecular complexity index is 380. The lowest BCUT2D eigenvalue weighted by Crippen LogP contribution is -2.31. The standard InChI is InChI=1S/C11H16N2O3/c1-11(5-3-4-6-16-11)10-12-7-8(13-10)9(14)15-2/h7H,3-6H2,1-2H3,(H,12,13). The Morgan fingerprint density at radius 3 is 3.06 bits per heavy atom. The van der Waals surface area contributed by atoms with Crippen molar-refractivity contribution in [2.24, 2.45) is 0 Å². The van der Waals surface area contributed by atoms with Gasteiger partial charge in [-0.05, 0) is 26.2 Å². The summed E-state index contributed by atoms with van der Waals surface area (Å²) in [6.45, 7) is 2.73. The van der Waals surface area contributed by atoms with Crippen molar-refractivity contribution in [1.82, 2.24) is 9.97 Å². The van der Waals surface area contributed by atoms with E-state index in [0.717, 1.165) is 25.9 Å². The first-order valence-corrected chi connectivity index (χ1v) is 5.43. The number of carbonyl (C=O) groups is 1. The normalized spacial score (nSPS) is 25.4. The van der Waals surface area contributed by atoms with Crippen molar-refractivity contribution in [1.29, 1.82) is 0 Å². The molecule has 1 saturated heterocycles. The fourth-order valence-electron chi connectivity index (χ4n) is 1.92. The SMILES string of the molecule is COC(=O)c1cnc(C2(C)CCCCO2)[nH]1. The lowest BCUT2D eigenvalue weighted by molar-refractivity contribution is -0.0755. The van der Waals surface area contributed by atoms with Gasteiger partial charge in [-0.15, -0.1) is 0 Å². The number of carbonyl (C=O) groups excluding carboxylic acids is 1. The Morgan fingerprint density at radius 2 is 2.44 bits per heavy atom. The van der Waals surface area contributed by atoms with Crippen molar-refractivity contribution in [3.05, 3.63) is 17.7 Å². The van der Waals surface area contributed by atoms with Crippen molar-refractivity contribution in [3.63, 3.8) is 0 Å². The van der Waals surface area contributed by atoms with E-state index in [4.69, 9.17) is 4.74 Å². The van der Waals surface area contributed by atoms with Gasteiger partial charge in [-0.1, -0.05) is 0 Å². The minimum Gasteiger partial charge on any atom is -0.464 e. The highest BCUT2D eigenvalue weighted by atomic mass is 16.5. The molecule has 1 N–H and O–H groups in total. The van der Waals surface area contributed by atoms with Crippen molar-refractivity contribution in [2.45, 2.75) is 31.8 Å². The van der Waals surface area contributed by atoms with Gasteiger partial charge in [0.25, 0.3) is 0 Å². The third-order valence-corrected chi connectivity index (χ3v) is 2.95. The molecule has 0 aromatic carbocycles. The number of H-pyrrole nitrogens is 1. The number of rotatable bonds is 2. The zero-order valence-electron chi connectivity index (χ0n) is 9.58. The van der Waals surface area contributed by atoms with E-state index in [0.29, 0.717) is 11.5 Å². The fourth-order valence-corrected chi connectivity index (χ4v) is 1.92. The van der Waals surface area contributed by atoms with E-state index >= 15 is 0 Å². The highest BCUT2D eigenvalue weighted by Crippen LogP contribution is 2.32. The van der Waals surface area contributed by atoms with E-state index in [1.807, 2.05) is 6.92 Å². The maximum absolute atomic E-state index is 11.3. The largest absolute Gasteiger partial charge is 0.464 e. The molecule has 0 aliphatic carbocycles. The van der Waals surface area contributed by atoms with Gasteiger partial charge in [0.1, 0.15) is 17.1 Å². The van der Waals surface area contributed by atoms with Gasteiger partial charge < -0.3 is 14.5 Å². The zero-order valence-corrected chi connectivity index (χ0v) is 9.58. The molecule has 5 heteroatoms. The first-order valence-electron chi connectivity index (χ1n) is 5.43. The van der Waals surface area contributed by atoms with Crippen LogP contribution in [-0.2, 0) is 15.1 Å². The van der Waals surface area contributed by atoms with E-state index < -0.39 is 11.6 Å². The second-order valence-corrected chi connectivity index (χ2v) is 4.17. The Morgan fingerprint density at radius 1 is 1.62 bits per heavy atom. The number of nitrogens with one attached hydrogen (secondary N) is 1. The van der Waals surface area contributed by atoms with Crippen LogP contribution in [0.3, 0.4) is 0 Å². The molecule has 0 saturated carbocycles. The molecule has 1 fully saturated rings. The summed E-state index contributed by atoms with van der Waals surface area (Å²) in [5, 5.41) is 0. The summed E-state index contributed by atoms with van der Waals surface area (Å²) in [5.74, 6) is 0.297. The number of aromatic nitrogens is 2. The minimum absolute atomic E-state index is 0.368. The molecule has 16 heavy (non-hydrogen) atoms. The molecule has 88 valence electrons. The highest BCUT2D eigenvalue weighted by molar-refractivity contribution is 5.86. The predicted molar refractivity (Wildman–Crippen MR) is 57.1 cm³/mol. The van der Waals surface area contributed by atoms with Crippen LogP contribution in [0.25, 0.3) is 0 Å². The van der Waals surface area contributed by atoms with E-state index in [1.54, 1.807) is 0 Å². The Labute approximate surface area is 94.2 Å². The van der Waals surface area contributed by atoms with Crippen LogP contribution in [0, 0.1) is 0 Å². The average molecular weight is 224 g/mol. The maximum Gasteiger partial charge on any atom is 0.356 e. The summed E-state index contributed by atoms with van der Waals surface area (Å²) in [5.41, 5.74) is -0.0299. The van der Waals surface area contributed by atoms with Crippen LogP contribution >= 0.6 is 0 Å². The van der Waals surface area contributed by atoms with E-state index in [9.17, 15) is 4.79 Å². The summed E-state index contributed by atoms with van der Waals surface area (Å²) >= 11 is 0. The number of aromatic amines is 1. The molecule has 2 rings (SSSR count). The van der Waals surface area contributed by atoms with Crippen LogP contribution < -0.4 is 0 Å². The molecule has 0 spiro atoms. The number of hydrogen-bond acceptors (Lipinski definition) is 4. The zero-order chi connectivity index (χ0) is 11.6. The van der Waals surface area contributed by atoms with Crippen molar-refractivity contribution < 1.29 is 14.3 Å². The number of nitrogens with zero attached hydrogens (tertiary/aromatic N) is 1. The van der Waals surface area contributed by atoms with Gasteiger partial charge in [-0.25, -0.2) is 9.78 Å². The monoisotopic (exact) mass is 224 g/mol. The van der Waals surface area contributed by atoms with Crippen LogP contribution in [0.5, 0.6) is 0 Å². The fraction of sp³-hybridized carbons (Fsp3) is 0.636. The summed E-state index contributed by atoms with van der Waals surface area (Å²) in [7, 11) is 1.35. The van der Waals surface area contributed by atoms with Crippen LogP contribution in [0.1, 0.15) is 42.5 Å². The Hall–Kier alpha value is -1.36. The van der Waals surface area contributed by atoms with Gasteiger partial charge >= 0.3 is 5.97 Å². The summed E-state index contributed by atoms with van der Waals surface area (Å²) in [6, 6.07) is 0. The molecule has 1 atom stereocenters. The van der Waals surface area contributed by atoms with Crippen molar-refractivity contribution in [2.75, 3.05) is 13.7 Å². The van der Waals surface area contributed by atoms with Gasteiger partial charge in [0, 0.05) is 6.61 Å². The molecule has 1 aliphatic rings. The van der Waals surface area contributed by atoms with Gasteiger partial charge in [0.05, 0.1) is 13.3 Å². The number of ether oxygens (including phenoxy) is 2. The number of methoxy groups -OCH3 is 1. The molecular weight excluding hydrogens is 208 g/mol. The number of esters is 1. The smallest absolute Gasteiger partial charge is 0.356 e. The molecule has 0 radical (unpaired) electrons. The first-order chi connectivity index (χ1) is 7.65. The molecular formula is C11H16N2O3.